The molecule has 25 heavy (non-hydrogen) atoms. The number of rotatable bonds is 4. The maximum Gasteiger partial charge on any atom is 0.305 e. The lowest BCUT2D eigenvalue weighted by Gasteiger charge is -2.53. The van der Waals surface area contributed by atoms with Crippen molar-refractivity contribution in [2.45, 2.75) is 64.4 Å². The third-order valence-corrected chi connectivity index (χ3v) is 7.76. The maximum absolute atomic E-state index is 12.0. The Labute approximate surface area is 150 Å². The van der Waals surface area contributed by atoms with Crippen LogP contribution in [0.3, 0.4) is 0 Å². The molecular weight excluding hydrogens is 320 g/mol. The molecule has 142 valence electrons. The minimum absolute atomic E-state index is 0.0339. The Kier molecular flexibility index (Phi) is 5.42. The molecule has 0 aromatic carbocycles. The Morgan fingerprint density at radius 1 is 0.960 bits per heavy atom. The molecule has 0 aromatic heterocycles. The van der Waals surface area contributed by atoms with Crippen molar-refractivity contribution in [3.63, 3.8) is 0 Å². The summed E-state index contributed by atoms with van der Waals surface area (Å²) in [6.07, 6.45) is 6.69. The van der Waals surface area contributed by atoms with Gasteiger partial charge in [0, 0.05) is 12.8 Å². The van der Waals surface area contributed by atoms with Crippen LogP contribution in [0, 0.1) is 35.0 Å². The van der Waals surface area contributed by atoms with Gasteiger partial charge < -0.3 is 14.6 Å². The van der Waals surface area contributed by atoms with Crippen molar-refractivity contribution in [3.8, 4) is 0 Å². The van der Waals surface area contributed by atoms with Crippen molar-refractivity contribution < 1.29 is 24.2 Å². The minimum Gasteiger partial charge on any atom is -0.469 e. The summed E-state index contributed by atoms with van der Waals surface area (Å²) >= 11 is 0. The van der Waals surface area contributed by atoms with Gasteiger partial charge in [0.15, 0.2) is 0 Å². The second-order valence-electron chi connectivity index (χ2n) is 8.63. The Hall–Kier alpha value is -1.10. The predicted molar refractivity (Wildman–Crippen MR) is 92.5 cm³/mol. The van der Waals surface area contributed by atoms with Gasteiger partial charge in [-0.2, -0.15) is 0 Å². The number of ether oxygens (including phenoxy) is 2. The third kappa shape index (κ3) is 3.32. The van der Waals surface area contributed by atoms with Gasteiger partial charge in [-0.1, -0.05) is 6.92 Å². The predicted octanol–water partition coefficient (Wildman–Crippen LogP) is 2.94. The quantitative estimate of drug-likeness (QED) is 0.788. The van der Waals surface area contributed by atoms with Crippen LogP contribution in [0.2, 0.25) is 0 Å². The van der Waals surface area contributed by atoms with Crippen molar-refractivity contribution >= 4 is 11.9 Å². The second-order valence-corrected chi connectivity index (χ2v) is 8.63. The summed E-state index contributed by atoms with van der Waals surface area (Å²) in [5, 5.41) is 10.5. The van der Waals surface area contributed by atoms with Crippen LogP contribution in [0.5, 0.6) is 0 Å². The van der Waals surface area contributed by atoms with Gasteiger partial charge >= 0.3 is 11.9 Å². The van der Waals surface area contributed by atoms with Crippen LogP contribution in [-0.4, -0.2) is 37.4 Å². The fraction of sp³-hybridized carbons (Fsp3) is 0.900. The van der Waals surface area contributed by atoms with E-state index in [4.69, 9.17) is 9.47 Å². The topological polar surface area (TPSA) is 72.8 Å². The van der Waals surface area contributed by atoms with Crippen LogP contribution in [0.4, 0.5) is 0 Å². The van der Waals surface area contributed by atoms with E-state index < -0.39 is 0 Å². The number of methoxy groups -OCH3 is 2. The van der Waals surface area contributed by atoms with E-state index in [1.807, 2.05) is 0 Å². The van der Waals surface area contributed by atoms with Gasteiger partial charge in [-0.3, -0.25) is 9.59 Å². The van der Waals surface area contributed by atoms with Crippen LogP contribution in [0.25, 0.3) is 0 Å². The first-order valence-corrected chi connectivity index (χ1v) is 9.72. The molecule has 0 aliphatic heterocycles. The highest BCUT2D eigenvalue weighted by atomic mass is 16.5. The van der Waals surface area contributed by atoms with Gasteiger partial charge in [-0.15, -0.1) is 0 Å². The van der Waals surface area contributed by atoms with Crippen molar-refractivity contribution in [1.82, 2.24) is 0 Å². The van der Waals surface area contributed by atoms with Crippen LogP contribution >= 0.6 is 0 Å². The SMILES string of the molecule is COC(=O)C[C@@H]1CC[C@@H]2[C@H](CC[C@]3(C)[C@@H](O)CC[C@@H]23)[C@H]1CC(=O)OC. The number of esters is 2. The normalized spacial score (nSPS) is 43.0. The molecule has 0 saturated heterocycles. The summed E-state index contributed by atoms with van der Waals surface area (Å²) in [5.74, 6) is 1.57. The zero-order valence-electron chi connectivity index (χ0n) is 15.7. The average Bonchev–Trinajstić information content (AvgIpc) is 2.91. The molecule has 7 atom stereocenters. The van der Waals surface area contributed by atoms with E-state index in [0.717, 1.165) is 38.5 Å². The van der Waals surface area contributed by atoms with Gasteiger partial charge in [-0.05, 0) is 73.5 Å². The molecule has 0 unspecified atom stereocenters. The van der Waals surface area contributed by atoms with E-state index in [0.29, 0.717) is 30.6 Å². The lowest BCUT2D eigenvalue weighted by atomic mass is 9.51. The molecule has 0 bridgehead atoms. The van der Waals surface area contributed by atoms with Crippen molar-refractivity contribution in [3.05, 3.63) is 0 Å². The molecule has 3 fully saturated rings. The van der Waals surface area contributed by atoms with Gasteiger partial charge in [0.05, 0.1) is 20.3 Å². The molecule has 0 amide bonds. The first-order valence-electron chi connectivity index (χ1n) is 9.72. The highest BCUT2D eigenvalue weighted by Gasteiger charge is 2.56. The van der Waals surface area contributed by atoms with E-state index in [1.165, 1.54) is 14.2 Å². The first-order chi connectivity index (χ1) is 11.9. The first kappa shape index (κ1) is 18.7. The highest BCUT2D eigenvalue weighted by molar-refractivity contribution is 5.71. The van der Waals surface area contributed by atoms with Gasteiger partial charge in [0.1, 0.15) is 0 Å². The Balaban J connectivity index is 1.81. The van der Waals surface area contributed by atoms with E-state index in [9.17, 15) is 14.7 Å². The molecule has 5 nitrogen and oxygen atoms in total. The summed E-state index contributed by atoms with van der Waals surface area (Å²) in [4.78, 5) is 23.9. The van der Waals surface area contributed by atoms with Gasteiger partial charge in [0.2, 0.25) is 0 Å². The molecule has 3 aliphatic carbocycles. The Morgan fingerprint density at radius 2 is 1.64 bits per heavy atom. The third-order valence-electron chi connectivity index (χ3n) is 7.76. The monoisotopic (exact) mass is 352 g/mol. The van der Waals surface area contributed by atoms with Crippen LogP contribution in [0.1, 0.15) is 58.3 Å². The highest BCUT2D eigenvalue weighted by Crippen LogP contribution is 2.61. The summed E-state index contributed by atoms with van der Waals surface area (Å²) < 4.78 is 9.82. The van der Waals surface area contributed by atoms with E-state index >= 15 is 0 Å². The summed E-state index contributed by atoms with van der Waals surface area (Å²) in [6.45, 7) is 2.25. The molecule has 0 aromatic rings. The van der Waals surface area contributed by atoms with E-state index in [2.05, 4.69) is 6.92 Å². The number of hydrogen-bond donors (Lipinski definition) is 1. The van der Waals surface area contributed by atoms with Gasteiger partial charge in [-0.25, -0.2) is 0 Å². The van der Waals surface area contributed by atoms with Crippen molar-refractivity contribution in [2.24, 2.45) is 35.0 Å². The maximum atomic E-state index is 12.0. The number of carbonyl (C=O) groups excluding carboxylic acids is 2. The number of carbonyl (C=O) groups is 2. The molecule has 1 N–H and O–H groups in total. The second kappa shape index (κ2) is 7.26. The summed E-state index contributed by atoms with van der Waals surface area (Å²) in [7, 11) is 2.86. The Morgan fingerprint density at radius 3 is 2.32 bits per heavy atom. The molecule has 3 rings (SSSR count). The van der Waals surface area contributed by atoms with Gasteiger partial charge in [0.25, 0.3) is 0 Å². The number of hydrogen-bond acceptors (Lipinski definition) is 5. The molecule has 0 heterocycles. The lowest BCUT2D eigenvalue weighted by molar-refractivity contribution is -0.150. The zero-order chi connectivity index (χ0) is 18.2. The fourth-order valence-corrected chi connectivity index (χ4v) is 6.35. The lowest BCUT2D eigenvalue weighted by Crippen LogP contribution is -2.49. The number of fused-ring (bicyclic) bond motifs is 3. The molecule has 0 radical (unpaired) electrons. The Bertz CT molecular complexity index is 518. The molecular formula is C20H32O5. The fourth-order valence-electron chi connectivity index (χ4n) is 6.35. The minimum atomic E-state index is -0.190. The van der Waals surface area contributed by atoms with Crippen molar-refractivity contribution in [1.29, 1.82) is 0 Å². The van der Waals surface area contributed by atoms with Crippen LogP contribution < -0.4 is 0 Å². The number of aliphatic hydroxyl groups is 1. The smallest absolute Gasteiger partial charge is 0.305 e. The molecule has 0 spiro atoms. The summed E-state index contributed by atoms with van der Waals surface area (Å²) in [5.41, 5.74) is 0.0339. The molecule has 3 aliphatic rings. The van der Waals surface area contributed by atoms with Crippen LogP contribution in [-0.2, 0) is 19.1 Å². The largest absolute Gasteiger partial charge is 0.469 e. The average molecular weight is 352 g/mol. The molecule has 5 heteroatoms. The summed E-state index contributed by atoms with van der Waals surface area (Å²) in [6, 6.07) is 0. The standard InChI is InChI=1S/C20H32O5/c1-20-9-8-13-14(16(20)6-7-17(20)21)5-4-12(10-18(22)24-2)15(13)11-19(23)25-3/h12-17,21H,4-11H2,1-3H3/t12-,13-,14+,15-,16-,17-,20-/m0/s1. The van der Waals surface area contributed by atoms with Crippen LogP contribution in [0.15, 0.2) is 0 Å². The van der Waals surface area contributed by atoms with E-state index in [-0.39, 0.29) is 35.3 Å². The molecule has 3 saturated carbocycles. The van der Waals surface area contributed by atoms with E-state index in [1.54, 1.807) is 0 Å². The zero-order valence-corrected chi connectivity index (χ0v) is 15.7. The van der Waals surface area contributed by atoms with Crippen molar-refractivity contribution in [2.75, 3.05) is 14.2 Å². The number of aliphatic hydroxyl groups excluding tert-OH is 1.